The molecule has 4 rings (SSSR count). The lowest BCUT2D eigenvalue weighted by Gasteiger charge is -2.11. The van der Waals surface area contributed by atoms with E-state index in [1.807, 2.05) is 0 Å². The number of nitrogens with one attached hydrogen (secondary N) is 1. The number of carboxylic acids is 1. The van der Waals surface area contributed by atoms with Crippen LogP contribution in [0.25, 0.3) is 22.3 Å². The summed E-state index contributed by atoms with van der Waals surface area (Å²) in [6.07, 6.45) is 0.223. The van der Waals surface area contributed by atoms with Gasteiger partial charge in [0, 0.05) is 24.4 Å². The first-order chi connectivity index (χ1) is 19.4. The Morgan fingerprint density at radius 2 is 1.88 bits per heavy atom. The molecule has 41 heavy (non-hydrogen) atoms. The smallest absolute Gasteiger partial charge is 0.326 e. The van der Waals surface area contributed by atoms with Crippen LogP contribution in [0, 0.1) is 11.6 Å². The van der Waals surface area contributed by atoms with E-state index in [2.05, 4.69) is 20.4 Å². The second-order valence-corrected chi connectivity index (χ2v) is 11.3. The second-order valence-electron chi connectivity index (χ2n) is 8.65. The number of carboxylic acid groups (broad SMARTS) is 1. The predicted octanol–water partition coefficient (Wildman–Crippen LogP) is 4.04. The van der Waals surface area contributed by atoms with Crippen LogP contribution in [0.2, 0.25) is 5.02 Å². The van der Waals surface area contributed by atoms with Crippen LogP contribution >= 0.6 is 11.6 Å². The highest BCUT2D eigenvalue weighted by molar-refractivity contribution is 7.90. The van der Waals surface area contributed by atoms with Gasteiger partial charge >= 0.3 is 17.9 Å². The maximum Gasteiger partial charge on any atom is 0.326 e. The van der Waals surface area contributed by atoms with Crippen molar-refractivity contribution in [2.45, 2.75) is 19.6 Å². The van der Waals surface area contributed by atoms with Crippen molar-refractivity contribution in [2.24, 2.45) is 0 Å². The fraction of sp³-hybridized carbons (Fsp3) is 0.240. The molecule has 12 nitrogen and oxygen atoms in total. The number of sulfone groups is 1. The Balaban J connectivity index is 1.84. The number of esters is 1. The van der Waals surface area contributed by atoms with Crippen LogP contribution in [0.3, 0.4) is 0 Å². The van der Waals surface area contributed by atoms with Crippen molar-refractivity contribution >= 4 is 50.2 Å². The average molecular weight is 610 g/mol. The standard InChI is InChI=1S/C25H22ClF2N5O7S/c1-41(37,38)11-10-29-23-21-22(15-4-2-3-5-16(15)26)32-33(13-39-20(36)9-8-19(34)35)24(21)31-25(30-23)40-18-7-6-14(27)12-17(18)28/h2-7,12H,8-11,13H2,1H3,(H,34,35)(H,29,30,31). The molecule has 0 bridgehead atoms. The summed E-state index contributed by atoms with van der Waals surface area (Å²) in [5.74, 6) is -4.49. The Bertz CT molecular complexity index is 1730. The molecule has 0 aliphatic heterocycles. The van der Waals surface area contributed by atoms with Gasteiger partial charge in [0.1, 0.15) is 27.2 Å². The number of carbonyl (C=O) groups is 2. The topological polar surface area (TPSA) is 163 Å². The van der Waals surface area contributed by atoms with Crippen LogP contribution in [0.1, 0.15) is 12.8 Å². The van der Waals surface area contributed by atoms with Crippen molar-refractivity contribution < 1.29 is 41.4 Å². The lowest BCUT2D eigenvalue weighted by Crippen LogP contribution is -2.15. The minimum atomic E-state index is -3.37. The summed E-state index contributed by atoms with van der Waals surface area (Å²) >= 11 is 6.42. The van der Waals surface area contributed by atoms with Crippen molar-refractivity contribution in [2.75, 3.05) is 23.9 Å². The summed E-state index contributed by atoms with van der Waals surface area (Å²) in [6, 6.07) is 8.85. The van der Waals surface area contributed by atoms with Crippen molar-refractivity contribution in [1.82, 2.24) is 19.7 Å². The van der Waals surface area contributed by atoms with Gasteiger partial charge in [-0.05, 0) is 18.2 Å². The molecule has 0 amide bonds. The Morgan fingerprint density at radius 3 is 2.56 bits per heavy atom. The summed E-state index contributed by atoms with van der Waals surface area (Å²) in [5.41, 5.74) is 0.678. The lowest BCUT2D eigenvalue weighted by atomic mass is 10.1. The SMILES string of the molecule is CS(=O)(=O)CCNc1nc(Oc2ccc(F)cc2F)nc2c1c(-c1ccccc1Cl)nn2COC(=O)CCC(=O)O. The number of fused-ring (bicyclic) bond motifs is 1. The van der Waals surface area contributed by atoms with Gasteiger partial charge in [-0.25, -0.2) is 21.9 Å². The molecule has 2 N–H and O–H groups in total. The first-order valence-electron chi connectivity index (χ1n) is 11.9. The molecule has 0 saturated heterocycles. The Hall–Kier alpha value is -4.37. The number of ether oxygens (including phenoxy) is 2. The molecule has 0 fully saturated rings. The maximum absolute atomic E-state index is 14.3. The van der Waals surface area contributed by atoms with Crippen LogP contribution in [0.4, 0.5) is 14.6 Å². The van der Waals surface area contributed by atoms with Crippen LogP contribution in [-0.2, 0) is 30.9 Å². The minimum absolute atomic E-state index is 0.0142. The number of aromatic nitrogens is 4. The zero-order valence-electron chi connectivity index (χ0n) is 21.3. The van der Waals surface area contributed by atoms with E-state index in [0.29, 0.717) is 16.7 Å². The number of halogens is 3. The molecule has 0 aliphatic rings. The van der Waals surface area contributed by atoms with Crippen LogP contribution < -0.4 is 10.1 Å². The van der Waals surface area contributed by atoms with Gasteiger partial charge in [-0.2, -0.15) is 15.1 Å². The summed E-state index contributed by atoms with van der Waals surface area (Å²) in [6.45, 7) is -0.601. The summed E-state index contributed by atoms with van der Waals surface area (Å²) in [7, 11) is -3.37. The summed E-state index contributed by atoms with van der Waals surface area (Å²) in [5, 5.41) is 16.7. The highest BCUT2D eigenvalue weighted by Crippen LogP contribution is 2.37. The molecule has 2 aromatic heterocycles. The monoisotopic (exact) mass is 609 g/mol. The Labute approximate surface area is 236 Å². The summed E-state index contributed by atoms with van der Waals surface area (Å²) in [4.78, 5) is 31.5. The lowest BCUT2D eigenvalue weighted by molar-refractivity contribution is -0.150. The predicted molar refractivity (Wildman–Crippen MR) is 143 cm³/mol. The number of nitrogens with zero attached hydrogens (tertiary/aromatic N) is 4. The molecule has 2 heterocycles. The highest BCUT2D eigenvalue weighted by Gasteiger charge is 2.23. The van der Waals surface area contributed by atoms with Crippen LogP contribution in [-0.4, -0.2) is 63.8 Å². The molecule has 0 atom stereocenters. The normalized spacial score (nSPS) is 11.4. The minimum Gasteiger partial charge on any atom is -0.481 e. The zero-order chi connectivity index (χ0) is 29.7. The van der Waals surface area contributed by atoms with E-state index in [1.54, 1.807) is 24.3 Å². The largest absolute Gasteiger partial charge is 0.481 e. The molecule has 0 spiro atoms. The number of anilines is 1. The third kappa shape index (κ3) is 7.64. The van der Waals surface area contributed by atoms with Crippen LogP contribution in [0.5, 0.6) is 11.8 Å². The third-order valence-corrected chi connectivity index (χ3v) is 6.73. The van der Waals surface area contributed by atoms with Gasteiger partial charge < -0.3 is 19.9 Å². The third-order valence-electron chi connectivity index (χ3n) is 5.45. The second kappa shape index (κ2) is 12.4. The number of rotatable bonds is 12. The molecular formula is C25H22ClF2N5O7S. The molecule has 216 valence electrons. The van der Waals surface area contributed by atoms with Crippen LogP contribution in [0.15, 0.2) is 42.5 Å². The van der Waals surface area contributed by atoms with Crippen molar-refractivity contribution in [3.8, 4) is 23.0 Å². The molecule has 0 radical (unpaired) electrons. The van der Waals surface area contributed by atoms with Gasteiger partial charge in [0.25, 0.3) is 0 Å². The number of hydrogen-bond acceptors (Lipinski definition) is 10. The average Bonchev–Trinajstić information content (AvgIpc) is 3.26. The van der Waals surface area contributed by atoms with E-state index in [9.17, 15) is 26.8 Å². The van der Waals surface area contributed by atoms with Gasteiger partial charge in [-0.15, -0.1) is 0 Å². The number of benzene rings is 2. The number of hydrogen-bond donors (Lipinski definition) is 2. The zero-order valence-corrected chi connectivity index (χ0v) is 22.9. The molecule has 0 unspecified atom stereocenters. The highest BCUT2D eigenvalue weighted by atomic mass is 35.5. The fourth-order valence-corrected chi connectivity index (χ4v) is 4.28. The van der Waals surface area contributed by atoms with Gasteiger partial charge in [0.05, 0.1) is 29.0 Å². The molecule has 16 heteroatoms. The maximum atomic E-state index is 14.3. The van der Waals surface area contributed by atoms with E-state index in [4.69, 9.17) is 26.2 Å². The summed E-state index contributed by atoms with van der Waals surface area (Å²) < 4.78 is 63.1. The van der Waals surface area contributed by atoms with Gasteiger partial charge in [-0.1, -0.05) is 29.8 Å². The van der Waals surface area contributed by atoms with E-state index in [0.717, 1.165) is 23.1 Å². The van der Waals surface area contributed by atoms with Gasteiger partial charge in [-0.3, -0.25) is 9.59 Å². The molecule has 0 aliphatic carbocycles. The molecular weight excluding hydrogens is 588 g/mol. The number of carbonyl (C=O) groups excluding carboxylic acids is 1. The van der Waals surface area contributed by atoms with Crippen molar-refractivity contribution in [1.29, 1.82) is 0 Å². The molecule has 2 aromatic carbocycles. The van der Waals surface area contributed by atoms with Crippen molar-refractivity contribution in [3.63, 3.8) is 0 Å². The van der Waals surface area contributed by atoms with Gasteiger partial charge in [0.15, 0.2) is 23.9 Å². The van der Waals surface area contributed by atoms with E-state index >= 15 is 0 Å². The Morgan fingerprint density at radius 1 is 1.12 bits per heavy atom. The van der Waals surface area contributed by atoms with E-state index in [-0.39, 0.29) is 34.8 Å². The van der Waals surface area contributed by atoms with Crippen molar-refractivity contribution in [3.05, 3.63) is 59.1 Å². The van der Waals surface area contributed by atoms with E-state index in [1.165, 1.54) is 0 Å². The molecule has 4 aromatic rings. The van der Waals surface area contributed by atoms with Gasteiger partial charge in [0.2, 0.25) is 0 Å². The fourth-order valence-electron chi connectivity index (χ4n) is 3.58. The quantitative estimate of drug-likeness (QED) is 0.223. The molecule has 0 saturated carbocycles. The first-order valence-corrected chi connectivity index (χ1v) is 14.3. The van der Waals surface area contributed by atoms with E-state index < -0.39 is 64.7 Å². The Kier molecular flexibility index (Phi) is 8.98. The number of aliphatic carboxylic acids is 1. The first kappa shape index (κ1) is 29.6.